The molecular weight excluding hydrogens is 384 g/mol. The first-order valence-corrected chi connectivity index (χ1v) is 9.59. The first-order chi connectivity index (χ1) is 13.1. The predicted octanol–water partition coefficient (Wildman–Crippen LogP) is 3.88. The van der Waals surface area contributed by atoms with E-state index in [4.69, 9.17) is 21.8 Å². The number of oxazole rings is 1. The minimum Gasteiger partial charge on any atom is -0.408 e. The molecule has 2 heterocycles. The third kappa shape index (κ3) is 4.21. The highest BCUT2D eigenvalue weighted by atomic mass is 35.5. The van der Waals surface area contributed by atoms with Crippen LogP contribution in [0, 0.1) is 0 Å². The van der Waals surface area contributed by atoms with Crippen molar-refractivity contribution in [2.75, 3.05) is 11.9 Å². The van der Waals surface area contributed by atoms with Crippen LogP contribution >= 0.6 is 22.9 Å². The highest BCUT2D eigenvalue weighted by Crippen LogP contribution is 2.30. The summed E-state index contributed by atoms with van der Waals surface area (Å²) in [4.78, 5) is 19.3. The van der Waals surface area contributed by atoms with Crippen LogP contribution in [0.3, 0.4) is 0 Å². The minimum atomic E-state index is -0.455. The van der Waals surface area contributed by atoms with Gasteiger partial charge in [-0.3, -0.25) is 4.98 Å². The Kier molecular flexibility index (Phi) is 4.98. The largest absolute Gasteiger partial charge is 0.417 e. The lowest BCUT2D eigenvalue weighted by molar-refractivity contribution is 0.555. The summed E-state index contributed by atoms with van der Waals surface area (Å²) in [7, 11) is 0. The molecule has 0 spiro atoms. The molecule has 0 saturated carbocycles. The molecule has 0 unspecified atom stereocenters. The summed E-state index contributed by atoms with van der Waals surface area (Å²) < 4.78 is 5.11. The van der Waals surface area contributed by atoms with Crippen molar-refractivity contribution in [3.8, 4) is 10.4 Å². The number of benzene rings is 2. The molecule has 4 aromatic rings. The molecule has 4 N–H and O–H groups in total. The van der Waals surface area contributed by atoms with Crippen molar-refractivity contribution in [2.45, 2.75) is 12.5 Å². The van der Waals surface area contributed by atoms with Gasteiger partial charge in [0.15, 0.2) is 10.7 Å². The third-order valence-electron chi connectivity index (χ3n) is 4.14. The zero-order chi connectivity index (χ0) is 18.8. The van der Waals surface area contributed by atoms with Crippen LogP contribution in [0.15, 0.2) is 57.9 Å². The lowest BCUT2D eigenvalue weighted by Gasteiger charge is -2.12. The van der Waals surface area contributed by atoms with E-state index in [1.807, 2.05) is 42.5 Å². The highest BCUT2D eigenvalue weighted by molar-refractivity contribution is 7.18. The van der Waals surface area contributed by atoms with Crippen LogP contribution in [0.25, 0.3) is 21.5 Å². The van der Waals surface area contributed by atoms with Crippen molar-refractivity contribution in [1.29, 1.82) is 0 Å². The van der Waals surface area contributed by atoms with Crippen LogP contribution in [0.5, 0.6) is 0 Å². The summed E-state index contributed by atoms with van der Waals surface area (Å²) in [6.45, 7) is 0.612. The van der Waals surface area contributed by atoms with E-state index < -0.39 is 5.76 Å². The van der Waals surface area contributed by atoms with Gasteiger partial charge in [-0.05, 0) is 41.8 Å². The van der Waals surface area contributed by atoms with E-state index in [-0.39, 0.29) is 6.04 Å². The van der Waals surface area contributed by atoms with E-state index in [9.17, 15) is 4.79 Å². The maximum absolute atomic E-state index is 11.3. The average Bonchev–Trinajstić information content (AvgIpc) is 3.26. The molecule has 0 saturated heterocycles. The van der Waals surface area contributed by atoms with Crippen molar-refractivity contribution in [3.63, 3.8) is 0 Å². The van der Waals surface area contributed by atoms with Gasteiger partial charge >= 0.3 is 5.76 Å². The van der Waals surface area contributed by atoms with Crippen molar-refractivity contribution < 1.29 is 4.42 Å². The van der Waals surface area contributed by atoms with Crippen molar-refractivity contribution >= 4 is 39.2 Å². The maximum atomic E-state index is 11.3. The number of rotatable bonds is 6. The van der Waals surface area contributed by atoms with E-state index in [0.717, 1.165) is 32.6 Å². The van der Waals surface area contributed by atoms with Gasteiger partial charge in [0.25, 0.3) is 0 Å². The normalized spacial score (nSPS) is 12.4. The molecule has 2 aromatic heterocycles. The molecule has 4 rings (SSSR count). The molecule has 0 radical (unpaired) electrons. The second-order valence-electron chi connectivity index (χ2n) is 6.23. The number of nitrogens with one attached hydrogen (secondary N) is 2. The van der Waals surface area contributed by atoms with E-state index in [1.165, 1.54) is 11.3 Å². The molecule has 27 heavy (non-hydrogen) atoms. The van der Waals surface area contributed by atoms with E-state index in [0.29, 0.717) is 17.6 Å². The lowest BCUT2D eigenvalue weighted by Crippen LogP contribution is -2.31. The molecule has 0 amide bonds. The Morgan fingerprint density at radius 1 is 1.26 bits per heavy atom. The number of fused-ring (bicyclic) bond motifs is 1. The van der Waals surface area contributed by atoms with Crippen LogP contribution in [-0.4, -0.2) is 22.6 Å². The lowest BCUT2D eigenvalue weighted by atomic mass is 10.1. The molecule has 6 nitrogen and oxygen atoms in total. The van der Waals surface area contributed by atoms with Crippen LogP contribution in [0.2, 0.25) is 5.02 Å². The number of hydrogen-bond donors (Lipinski definition) is 3. The van der Waals surface area contributed by atoms with E-state index >= 15 is 0 Å². The summed E-state index contributed by atoms with van der Waals surface area (Å²) in [6.07, 6.45) is 2.55. The highest BCUT2D eigenvalue weighted by Gasteiger charge is 2.09. The topological polar surface area (TPSA) is 96.9 Å². The van der Waals surface area contributed by atoms with Gasteiger partial charge in [-0.1, -0.05) is 41.1 Å². The van der Waals surface area contributed by atoms with Crippen LogP contribution in [0.1, 0.15) is 5.56 Å². The molecule has 0 aliphatic rings. The third-order valence-corrected chi connectivity index (χ3v) is 5.39. The first kappa shape index (κ1) is 17.8. The molecule has 2 aromatic carbocycles. The average molecular weight is 401 g/mol. The predicted molar refractivity (Wildman–Crippen MR) is 110 cm³/mol. The number of aromatic amines is 1. The van der Waals surface area contributed by atoms with E-state index in [1.54, 1.807) is 6.20 Å². The molecule has 1 atom stereocenters. The molecule has 0 fully saturated rings. The van der Waals surface area contributed by atoms with Crippen molar-refractivity contribution in [1.82, 2.24) is 9.97 Å². The fraction of sp³-hybridized carbons (Fsp3) is 0.158. The number of anilines is 1. The Labute approximate surface area is 164 Å². The monoisotopic (exact) mass is 400 g/mol. The van der Waals surface area contributed by atoms with Gasteiger partial charge in [0, 0.05) is 23.8 Å². The van der Waals surface area contributed by atoms with Gasteiger partial charge < -0.3 is 15.5 Å². The van der Waals surface area contributed by atoms with Crippen LogP contribution in [-0.2, 0) is 6.42 Å². The zero-order valence-electron chi connectivity index (χ0n) is 14.2. The van der Waals surface area contributed by atoms with Crippen molar-refractivity contribution in [2.24, 2.45) is 5.73 Å². The van der Waals surface area contributed by atoms with Crippen molar-refractivity contribution in [3.05, 3.63) is 69.8 Å². The van der Waals surface area contributed by atoms with Gasteiger partial charge in [-0.15, -0.1) is 0 Å². The number of thiazole rings is 1. The second-order valence-corrected chi connectivity index (χ2v) is 7.69. The summed E-state index contributed by atoms with van der Waals surface area (Å²) in [5.74, 6) is -0.455. The summed E-state index contributed by atoms with van der Waals surface area (Å²) in [6, 6.07) is 13.3. The van der Waals surface area contributed by atoms with Gasteiger partial charge in [-0.25, -0.2) is 9.78 Å². The summed E-state index contributed by atoms with van der Waals surface area (Å²) in [5, 5.41) is 4.80. The Hall–Kier alpha value is -2.61. The quantitative estimate of drug-likeness (QED) is 0.456. The minimum absolute atomic E-state index is 0.0380. The summed E-state index contributed by atoms with van der Waals surface area (Å²) >= 11 is 7.43. The SMILES string of the molecule is N[C@@H](CNc1ncc(-c2ccc3[nH]c(=O)oc3c2)s1)Cc1ccc(Cl)cc1. The Morgan fingerprint density at radius 2 is 2.07 bits per heavy atom. The smallest absolute Gasteiger partial charge is 0.408 e. The number of H-pyrrole nitrogens is 1. The molecule has 8 heteroatoms. The molecular formula is C19H17ClN4O2S. The zero-order valence-corrected chi connectivity index (χ0v) is 15.8. The Balaban J connectivity index is 1.39. The maximum Gasteiger partial charge on any atom is 0.417 e. The number of hydrogen-bond acceptors (Lipinski definition) is 6. The van der Waals surface area contributed by atoms with Gasteiger partial charge in [0.05, 0.1) is 10.4 Å². The van der Waals surface area contributed by atoms with Gasteiger partial charge in [0.2, 0.25) is 0 Å². The number of halogens is 1. The van der Waals surface area contributed by atoms with Crippen LogP contribution in [0.4, 0.5) is 5.13 Å². The Morgan fingerprint density at radius 3 is 2.89 bits per heavy atom. The fourth-order valence-electron chi connectivity index (χ4n) is 2.80. The van der Waals surface area contributed by atoms with E-state index in [2.05, 4.69) is 15.3 Å². The molecule has 138 valence electrons. The number of nitrogens with zero attached hydrogens (tertiary/aromatic N) is 1. The fourth-order valence-corrected chi connectivity index (χ4v) is 3.75. The van der Waals surface area contributed by atoms with Crippen LogP contribution < -0.4 is 16.8 Å². The molecule has 0 aliphatic heterocycles. The van der Waals surface area contributed by atoms with Gasteiger partial charge in [0.1, 0.15) is 0 Å². The first-order valence-electron chi connectivity index (χ1n) is 8.40. The van der Waals surface area contributed by atoms with Gasteiger partial charge in [-0.2, -0.15) is 0 Å². The Bertz CT molecular complexity index is 1120. The summed E-state index contributed by atoms with van der Waals surface area (Å²) in [5.41, 5.74) is 9.52. The number of nitrogens with two attached hydrogens (primary N) is 1. The molecule has 0 bridgehead atoms. The standard InChI is InChI=1S/C19H17ClN4O2S/c20-13-4-1-11(2-5-13)7-14(21)9-22-18-23-10-17(27-18)12-3-6-15-16(8-12)26-19(25)24-15/h1-6,8,10,14H,7,9,21H2,(H,22,23)(H,24,25)/t14-/m1/s1. The molecule has 0 aliphatic carbocycles. The number of aromatic nitrogens is 2. The second kappa shape index (κ2) is 7.56.